The van der Waals surface area contributed by atoms with Crippen molar-refractivity contribution in [1.82, 2.24) is 4.31 Å². The number of hydrogen-bond donors (Lipinski definition) is 1. The normalized spacial score (nSPS) is 19.9. The number of carbonyl (C=O) groups excluding carboxylic acids is 1. The smallest absolute Gasteiger partial charge is 0.245 e. The van der Waals surface area contributed by atoms with Crippen molar-refractivity contribution in [2.45, 2.75) is 30.5 Å². The number of Topliss-reactive ketones (excluding diaryl/α,β-unsaturated/α-hetero) is 1. The molecule has 3 aromatic rings. The lowest BCUT2D eigenvalue weighted by atomic mass is 9.99. The lowest BCUT2D eigenvalue weighted by molar-refractivity contribution is 0.0536. The Balaban J connectivity index is 1.66. The van der Waals surface area contributed by atoms with E-state index in [0.717, 1.165) is 20.6 Å². The highest BCUT2D eigenvalue weighted by molar-refractivity contribution is 7.89. The summed E-state index contributed by atoms with van der Waals surface area (Å²) in [5, 5.41) is 11.5. The van der Waals surface area contributed by atoms with Crippen LogP contribution < -0.4 is 0 Å². The minimum atomic E-state index is -3.94. The number of ketones is 1. The maximum Gasteiger partial charge on any atom is 0.245 e. The molecule has 2 atom stereocenters. The van der Waals surface area contributed by atoms with E-state index in [-0.39, 0.29) is 30.3 Å². The van der Waals surface area contributed by atoms with Crippen LogP contribution in [0, 0.1) is 6.92 Å². The molecule has 0 spiro atoms. The number of sulfonamides is 1. The predicted octanol–water partition coefficient (Wildman–Crippen LogP) is 3.13. The molecule has 3 aromatic carbocycles. The maximum atomic E-state index is 13.3. The summed E-state index contributed by atoms with van der Waals surface area (Å²) in [6.45, 7) is 1.52. The molecule has 1 aliphatic rings. The van der Waals surface area contributed by atoms with E-state index in [0.29, 0.717) is 5.56 Å². The molecule has 4 rings (SSSR count). The molecule has 0 bridgehead atoms. The van der Waals surface area contributed by atoms with E-state index >= 15 is 0 Å². The van der Waals surface area contributed by atoms with Gasteiger partial charge in [-0.05, 0) is 29.8 Å². The second-order valence-electron chi connectivity index (χ2n) is 7.43. The molecule has 1 heterocycles. The number of aryl methyl sites for hydroxylation is 1. The number of nitrogens with zero attached hydrogens (tertiary/aromatic N) is 1. The topological polar surface area (TPSA) is 83.9 Å². The van der Waals surface area contributed by atoms with Crippen LogP contribution in [-0.2, 0) is 14.8 Å². The number of hydrogen-bond acceptors (Lipinski definition) is 5. The van der Waals surface area contributed by atoms with Gasteiger partial charge in [0.15, 0.2) is 5.78 Å². The summed E-state index contributed by atoms with van der Waals surface area (Å²) in [6.07, 6.45) is -1.10. The first-order chi connectivity index (χ1) is 14.4. The van der Waals surface area contributed by atoms with Gasteiger partial charge in [0.05, 0.1) is 30.6 Å². The molecule has 156 valence electrons. The molecule has 0 saturated carbocycles. The second kappa shape index (κ2) is 8.28. The summed E-state index contributed by atoms with van der Waals surface area (Å²) < 4.78 is 33.4. The monoisotopic (exact) mass is 425 g/mol. The van der Waals surface area contributed by atoms with Crippen LogP contribution in [0.4, 0.5) is 0 Å². The molecule has 0 amide bonds. The fourth-order valence-electron chi connectivity index (χ4n) is 3.81. The minimum absolute atomic E-state index is 0.0368. The van der Waals surface area contributed by atoms with E-state index < -0.39 is 22.3 Å². The average Bonchev–Trinajstić information content (AvgIpc) is 3.17. The van der Waals surface area contributed by atoms with E-state index in [2.05, 4.69) is 0 Å². The first kappa shape index (κ1) is 20.7. The number of rotatable bonds is 6. The van der Waals surface area contributed by atoms with E-state index in [1.165, 1.54) is 12.1 Å². The van der Waals surface area contributed by atoms with Gasteiger partial charge in [-0.3, -0.25) is 4.79 Å². The Labute approximate surface area is 175 Å². The standard InChI is InChI=1S/C23H23NO5S/c1-16-9-11-19(12-10-16)30(27,28)24-18(14-25)15-29-23(24)13-22(26)21-8-4-6-17-5-2-3-7-20(17)21/h2-12,18,23,25H,13-15H2,1H3/t18-,23-/m0/s1. The lowest BCUT2D eigenvalue weighted by Gasteiger charge is -2.26. The van der Waals surface area contributed by atoms with Crippen LogP contribution in [0.3, 0.4) is 0 Å². The van der Waals surface area contributed by atoms with E-state index in [1.54, 1.807) is 18.2 Å². The fraction of sp³-hybridized carbons (Fsp3) is 0.261. The zero-order valence-corrected chi connectivity index (χ0v) is 17.4. The molecule has 1 saturated heterocycles. The molecule has 7 heteroatoms. The lowest BCUT2D eigenvalue weighted by Crippen LogP contribution is -2.44. The van der Waals surface area contributed by atoms with Gasteiger partial charge in [0.2, 0.25) is 10.0 Å². The van der Waals surface area contributed by atoms with Crippen molar-refractivity contribution in [2.75, 3.05) is 13.2 Å². The van der Waals surface area contributed by atoms with Crippen molar-refractivity contribution in [1.29, 1.82) is 0 Å². The van der Waals surface area contributed by atoms with Crippen molar-refractivity contribution < 1.29 is 23.1 Å². The van der Waals surface area contributed by atoms with Crippen molar-refractivity contribution in [3.05, 3.63) is 77.9 Å². The first-order valence-corrected chi connectivity index (χ1v) is 11.2. The molecule has 6 nitrogen and oxygen atoms in total. The van der Waals surface area contributed by atoms with Crippen LogP contribution >= 0.6 is 0 Å². The third-order valence-electron chi connectivity index (χ3n) is 5.38. The highest BCUT2D eigenvalue weighted by Crippen LogP contribution is 2.30. The Bertz CT molecular complexity index is 1170. The van der Waals surface area contributed by atoms with Gasteiger partial charge in [-0.15, -0.1) is 0 Å². The van der Waals surface area contributed by atoms with Gasteiger partial charge < -0.3 is 9.84 Å². The largest absolute Gasteiger partial charge is 0.395 e. The number of benzene rings is 3. The Morgan fingerprint density at radius 2 is 1.77 bits per heavy atom. The fourth-order valence-corrected chi connectivity index (χ4v) is 5.49. The SMILES string of the molecule is Cc1ccc(S(=O)(=O)N2[C@@H](CO)CO[C@H]2CC(=O)c2cccc3ccccc23)cc1. The minimum Gasteiger partial charge on any atom is -0.395 e. The summed E-state index contributed by atoms with van der Waals surface area (Å²) in [5.74, 6) is -0.209. The Morgan fingerprint density at radius 1 is 1.07 bits per heavy atom. The molecule has 0 aliphatic carbocycles. The predicted molar refractivity (Wildman–Crippen MR) is 114 cm³/mol. The molecule has 0 unspecified atom stereocenters. The Morgan fingerprint density at radius 3 is 2.50 bits per heavy atom. The van der Waals surface area contributed by atoms with Gasteiger partial charge in [-0.2, -0.15) is 4.31 Å². The molecule has 0 aromatic heterocycles. The van der Waals surface area contributed by atoms with Gasteiger partial charge in [-0.1, -0.05) is 60.2 Å². The summed E-state index contributed by atoms with van der Waals surface area (Å²) in [5.41, 5.74) is 1.46. The quantitative estimate of drug-likeness (QED) is 0.614. The van der Waals surface area contributed by atoms with Crippen LogP contribution in [0.25, 0.3) is 10.8 Å². The third-order valence-corrected chi connectivity index (χ3v) is 7.34. The van der Waals surface area contributed by atoms with Crippen molar-refractivity contribution in [3.8, 4) is 0 Å². The van der Waals surface area contributed by atoms with Crippen molar-refractivity contribution in [2.24, 2.45) is 0 Å². The van der Waals surface area contributed by atoms with Gasteiger partial charge in [0, 0.05) is 5.56 Å². The molecule has 1 N–H and O–H groups in total. The molecular weight excluding hydrogens is 402 g/mol. The van der Waals surface area contributed by atoms with Crippen LogP contribution in [-0.4, -0.2) is 49.1 Å². The Hall–Kier alpha value is -2.58. The van der Waals surface area contributed by atoms with E-state index in [4.69, 9.17) is 4.74 Å². The first-order valence-electron chi connectivity index (χ1n) is 9.75. The van der Waals surface area contributed by atoms with Crippen molar-refractivity contribution in [3.63, 3.8) is 0 Å². The van der Waals surface area contributed by atoms with Gasteiger partial charge in [0.1, 0.15) is 6.23 Å². The third kappa shape index (κ3) is 3.77. The maximum absolute atomic E-state index is 13.3. The van der Waals surface area contributed by atoms with Gasteiger partial charge in [-0.25, -0.2) is 8.42 Å². The summed E-state index contributed by atoms with van der Waals surface area (Å²) in [7, 11) is -3.94. The number of fused-ring (bicyclic) bond motifs is 1. The summed E-state index contributed by atoms with van der Waals surface area (Å²) >= 11 is 0. The van der Waals surface area contributed by atoms with Crippen LogP contribution in [0.2, 0.25) is 0 Å². The number of aliphatic hydroxyl groups is 1. The second-order valence-corrected chi connectivity index (χ2v) is 9.27. The van der Waals surface area contributed by atoms with E-state index in [1.807, 2.05) is 43.3 Å². The highest BCUT2D eigenvalue weighted by atomic mass is 32.2. The molecule has 1 fully saturated rings. The molecule has 30 heavy (non-hydrogen) atoms. The summed E-state index contributed by atoms with van der Waals surface area (Å²) in [4.78, 5) is 13.2. The molecular formula is C23H23NO5S. The van der Waals surface area contributed by atoms with Crippen molar-refractivity contribution >= 4 is 26.6 Å². The summed E-state index contributed by atoms with van der Waals surface area (Å²) in [6, 6.07) is 18.8. The van der Waals surface area contributed by atoms with Gasteiger partial charge >= 0.3 is 0 Å². The zero-order valence-electron chi connectivity index (χ0n) is 16.6. The van der Waals surface area contributed by atoms with E-state index in [9.17, 15) is 18.3 Å². The average molecular weight is 426 g/mol. The van der Waals surface area contributed by atoms with Crippen LogP contribution in [0.5, 0.6) is 0 Å². The van der Waals surface area contributed by atoms with Crippen LogP contribution in [0.15, 0.2) is 71.6 Å². The highest BCUT2D eigenvalue weighted by Gasteiger charge is 2.44. The number of ether oxygens (including phenoxy) is 1. The van der Waals surface area contributed by atoms with Crippen LogP contribution in [0.1, 0.15) is 22.3 Å². The Kier molecular flexibility index (Phi) is 5.71. The molecule has 0 radical (unpaired) electrons. The van der Waals surface area contributed by atoms with Gasteiger partial charge in [0.25, 0.3) is 0 Å². The molecule has 1 aliphatic heterocycles. The zero-order chi connectivity index (χ0) is 21.3. The number of carbonyl (C=O) groups is 1. The number of aliphatic hydroxyl groups excluding tert-OH is 1.